The summed E-state index contributed by atoms with van der Waals surface area (Å²) in [7, 11) is -3.29. The van der Waals surface area contributed by atoms with Crippen LogP contribution in [0.4, 0.5) is 0 Å². The fraction of sp³-hybridized carbons (Fsp3) is 0.611. The molecule has 7 heteroatoms. The van der Waals surface area contributed by atoms with Gasteiger partial charge < -0.3 is 5.32 Å². The molecule has 1 amide bonds. The average molecular weight is 387 g/mol. The van der Waals surface area contributed by atoms with Crippen LogP contribution in [0.5, 0.6) is 0 Å². The second-order valence-electron chi connectivity index (χ2n) is 6.65. The molecule has 1 N–H and O–H groups in total. The lowest BCUT2D eigenvalue weighted by atomic mass is 9.95. The highest BCUT2D eigenvalue weighted by atomic mass is 35.5. The van der Waals surface area contributed by atoms with Gasteiger partial charge in [-0.3, -0.25) is 4.79 Å². The average Bonchev–Trinajstić information content (AvgIpc) is 2.55. The SMILES string of the molecule is CS(=O)(=O)N(CCC(=O)NCCc1cccc(Cl)c1)C1CCCCC1. The van der Waals surface area contributed by atoms with Crippen LogP contribution in [-0.2, 0) is 21.2 Å². The molecule has 0 radical (unpaired) electrons. The fourth-order valence-corrected chi connectivity index (χ4v) is 4.72. The van der Waals surface area contributed by atoms with Crippen molar-refractivity contribution < 1.29 is 13.2 Å². The number of hydrogen-bond acceptors (Lipinski definition) is 3. The van der Waals surface area contributed by atoms with Crippen LogP contribution >= 0.6 is 11.6 Å². The number of halogens is 1. The summed E-state index contributed by atoms with van der Waals surface area (Å²) < 4.78 is 25.6. The van der Waals surface area contributed by atoms with Crippen molar-refractivity contribution >= 4 is 27.5 Å². The van der Waals surface area contributed by atoms with Crippen LogP contribution in [0.25, 0.3) is 0 Å². The van der Waals surface area contributed by atoms with E-state index in [1.807, 2.05) is 24.3 Å². The maximum Gasteiger partial charge on any atom is 0.221 e. The highest BCUT2D eigenvalue weighted by Gasteiger charge is 2.28. The predicted molar refractivity (Wildman–Crippen MR) is 101 cm³/mol. The number of benzene rings is 1. The van der Waals surface area contributed by atoms with E-state index < -0.39 is 10.0 Å². The van der Waals surface area contributed by atoms with Gasteiger partial charge in [-0.15, -0.1) is 0 Å². The summed E-state index contributed by atoms with van der Waals surface area (Å²) in [5.74, 6) is -0.119. The minimum atomic E-state index is -3.29. The molecule has 25 heavy (non-hydrogen) atoms. The Morgan fingerprint density at radius 1 is 1.28 bits per heavy atom. The minimum absolute atomic E-state index is 0.0445. The van der Waals surface area contributed by atoms with Gasteiger partial charge in [-0.2, -0.15) is 4.31 Å². The van der Waals surface area contributed by atoms with Gasteiger partial charge in [0.2, 0.25) is 15.9 Å². The molecule has 0 atom stereocenters. The topological polar surface area (TPSA) is 66.5 Å². The highest BCUT2D eigenvalue weighted by Crippen LogP contribution is 2.24. The van der Waals surface area contributed by atoms with E-state index in [-0.39, 0.29) is 24.9 Å². The van der Waals surface area contributed by atoms with E-state index in [9.17, 15) is 13.2 Å². The van der Waals surface area contributed by atoms with Gasteiger partial charge in [0.05, 0.1) is 6.26 Å². The molecular formula is C18H27ClN2O3S. The van der Waals surface area contributed by atoms with Crippen LogP contribution in [0.3, 0.4) is 0 Å². The molecular weight excluding hydrogens is 360 g/mol. The van der Waals surface area contributed by atoms with Crippen molar-refractivity contribution in [3.63, 3.8) is 0 Å². The lowest BCUT2D eigenvalue weighted by molar-refractivity contribution is -0.121. The summed E-state index contributed by atoms with van der Waals surface area (Å²) in [6, 6.07) is 7.58. The Hall–Kier alpha value is -1.11. The Morgan fingerprint density at radius 2 is 2.00 bits per heavy atom. The summed E-state index contributed by atoms with van der Waals surface area (Å²) in [5.41, 5.74) is 1.06. The molecule has 140 valence electrons. The van der Waals surface area contributed by atoms with Gasteiger partial charge in [-0.05, 0) is 37.0 Å². The highest BCUT2D eigenvalue weighted by molar-refractivity contribution is 7.88. The first-order valence-electron chi connectivity index (χ1n) is 8.84. The molecule has 0 spiro atoms. The number of rotatable bonds is 8. The Morgan fingerprint density at radius 3 is 2.64 bits per heavy atom. The van der Waals surface area contributed by atoms with Crippen LogP contribution in [0, 0.1) is 0 Å². The monoisotopic (exact) mass is 386 g/mol. The van der Waals surface area contributed by atoms with Gasteiger partial charge in [-0.1, -0.05) is 43.0 Å². The third kappa shape index (κ3) is 6.96. The second kappa shape index (κ2) is 9.55. The Bertz CT molecular complexity index is 673. The van der Waals surface area contributed by atoms with Crippen LogP contribution in [0.15, 0.2) is 24.3 Å². The van der Waals surface area contributed by atoms with E-state index in [1.54, 1.807) is 0 Å². The number of sulfonamides is 1. The first kappa shape index (κ1) is 20.2. The maximum atomic E-state index is 12.1. The smallest absolute Gasteiger partial charge is 0.221 e. The quantitative estimate of drug-likeness (QED) is 0.746. The summed E-state index contributed by atoms with van der Waals surface area (Å²) in [5, 5.41) is 3.54. The largest absolute Gasteiger partial charge is 0.356 e. The Labute approximate surface area is 155 Å². The first-order chi connectivity index (χ1) is 11.9. The zero-order valence-electron chi connectivity index (χ0n) is 14.7. The second-order valence-corrected chi connectivity index (χ2v) is 9.02. The van der Waals surface area contributed by atoms with E-state index in [2.05, 4.69) is 5.32 Å². The zero-order valence-corrected chi connectivity index (χ0v) is 16.3. The maximum absolute atomic E-state index is 12.1. The standard InChI is InChI=1S/C18H27ClN2O3S/c1-25(23,24)21(17-8-3-2-4-9-17)13-11-18(22)20-12-10-15-6-5-7-16(19)14-15/h5-7,14,17H,2-4,8-13H2,1H3,(H,20,22). The number of carbonyl (C=O) groups excluding carboxylic acids is 1. The van der Waals surface area contributed by atoms with Gasteiger partial charge in [0.15, 0.2) is 0 Å². The molecule has 5 nitrogen and oxygen atoms in total. The zero-order chi connectivity index (χ0) is 18.3. The molecule has 0 heterocycles. The Balaban J connectivity index is 1.78. The third-order valence-corrected chi connectivity index (χ3v) is 6.16. The van der Waals surface area contributed by atoms with E-state index >= 15 is 0 Å². The van der Waals surface area contributed by atoms with E-state index in [0.717, 1.165) is 37.7 Å². The predicted octanol–water partition coefficient (Wildman–Crippen LogP) is 2.98. The van der Waals surface area contributed by atoms with Gasteiger partial charge in [0, 0.05) is 30.6 Å². The molecule has 0 saturated heterocycles. The summed E-state index contributed by atoms with van der Waals surface area (Å²) in [4.78, 5) is 12.1. The molecule has 0 unspecified atom stereocenters. The van der Waals surface area contributed by atoms with Gasteiger partial charge in [0.25, 0.3) is 0 Å². The number of hydrogen-bond donors (Lipinski definition) is 1. The molecule has 0 bridgehead atoms. The van der Waals surface area contributed by atoms with Gasteiger partial charge in [0.1, 0.15) is 0 Å². The third-order valence-electron chi connectivity index (χ3n) is 4.59. The normalized spacial score (nSPS) is 16.1. The van der Waals surface area contributed by atoms with Crippen molar-refractivity contribution in [3.05, 3.63) is 34.9 Å². The molecule has 1 aliphatic carbocycles. The lowest BCUT2D eigenvalue weighted by Gasteiger charge is -2.32. The molecule has 1 aliphatic rings. The minimum Gasteiger partial charge on any atom is -0.356 e. The van der Waals surface area contributed by atoms with Crippen LogP contribution < -0.4 is 5.32 Å². The van der Waals surface area contributed by atoms with Crippen molar-refractivity contribution in [2.75, 3.05) is 19.3 Å². The Kier molecular flexibility index (Phi) is 7.72. The van der Waals surface area contributed by atoms with Crippen LogP contribution in [0.2, 0.25) is 5.02 Å². The van der Waals surface area contributed by atoms with E-state index in [4.69, 9.17) is 11.6 Å². The van der Waals surface area contributed by atoms with Crippen molar-refractivity contribution in [2.24, 2.45) is 0 Å². The van der Waals surface area contributed by atoms with Crippen LogP contribution in [-0.4, -0.2) is 44.0 Å². The summed E-state index contributed by atoms with van der Waals surface area (Å²) in [6.45, 7) is 0.772. The molecule has 2 rings (SSSR count). The van der Waals surface area contributed by atoms with Crippen molar-refractivity contribution in [1.82, 2.24) is 9.62 Å². The number of nitrogens with one attached hydrogen (secondary N) is 1. The van der Waals surface area contributed by atoms with Crippen molar-refractivity contribution in [3.8, 4) is 0 Å². The number of carbonyl (C=O) groups is 1. The van der Waals surface area contributed by atoms with Crippen LogP contribution in [0.1, 0.15) is 44.1 Å². The summed E-state index contributed by atoms with van der Waals surface area (Å²) in [6.07, 6.45) is 7.19. The summed E-state index contributed by atoms with van der Waals surface area (Å²) >= 11 is 5.94. The number of amides is 1. The van der Waals surface area contributed by atoms with Crippen molar-refractivity contribution in [1.29, 1.82) is 0 Å². The van der Waals surface area contributed by atoms with Gasteiger partial charge in [-0.25, -0.2) is 8.42 Å². The fourth-order valence-electron chi connectivity index (χ4n) is 3.33. The van der Waals surface area contributed by atoms with E-state index in [0.29, 0.717) is 18.0 Å². The van der Waals surface area contributed by atoms with Gasteiger partial charge >= 0.3 is 0 Å². The molecule has 1 saturated carbocycles. The molecule has 1 aromatic carbocycles. The van der Waals surface area contributed by atoms with Crippen molar-refractivity contribution in [2.45, 2.75) is 51.0 Å². The molecule has 0 aliphatic heterocycles. The molecule has 1 fully saturated rings. The number of nitrogens with zero attached hydrogens (tertiary/aromatic N) is 1. The molecule has 1 aromatic rings. The molecule has 0 aromatic heterocycles. The first-order valence-corrected chi connectivity index (χ1v) is 11.1. The van der Waals surface area contributed by atoms with E-state index in [1.165, 1.54) is 10.6 Å². The lowest BCUT2D eigenvalue weighted by Crippen LogP contribution is -2.42.